The first kappa shape index (κ1) is 19.4. The van der Waals surface area contributed by atoms with E-state index in [9.17, 15) is 4.79 Å². The third-order valence-corrected chi connectivity index (χ3v) is 5.17. The van der Waals surface area contributed by atoms with Crippen molar-refractivity contribution in [1.29, 1.82) is 0 Å². The summed E-state index contributed by atoms with van der Waals surface area (Å²) in [6.07, 6.45) is 4.63. The molecule has 3 rings (SSSR count). The highest BCUT2D eigenvalue weighted by Crippen LogP contribution is 2.21. The molecule has 2 aromatic carbocycles. The lowest BCUT2D eigenvalue weighted by Gasteiger charge is -2.24. The van der Waals surface area contributed by atoms with Gasteiger partial charge in [0.1, 0.15) is 12.4 Å². The van der Waals surface area contributed by atoms with Crippen LogP contribution in [0.5, 0.6) is 5.75 Å². The number of methoxy groups -OCH3 is 1. The Bertz CT molecular complexity index is 699. The second kappa shape index (κ2) is 10.1. The van der Waals surface area contributed by atoms with Crippen LogP contribution in [-0.2, 0) is 16.0 Å². The first-order valence-electron chi connectivity index (χ1n) is 9.81. The van der Waals surface area contributed by atoms with Crippen LogP contribution >= 0.6 is 0 Å². The van der Waals surface area contributed by atoms with E-state index < -0.39 is 0 Å². The van der Waals surface area contributed by atoms with Crippen molar-refractivity contribution in [3.63, 3.8) is 0 Å². The van der Waals surface area contributed by atoms with Gasteiger partial charge in [0.05, 0.1) is 7.11 Å². The Morgan fingerprint density at radius 1 is 1.07 bits per heavy atom. The van der Waals surface area contributed by atoms with Crippen molar-refractivity contribution in [3.8, 4) is 5.75 Å². The van der Waals surface area contributed by atoms with E-state index in [-0.39, 0.29) is 5.97 Å². The minimum atomic E-state index is -0.127. The van der Waals surface area contributed by atoms with Crippen molar-refractivity contribution in [2.24, 2.45) is 0 Å². The van der Waals surface area contributed by atoms with E-state index in [1.165, 1.54) is 24.7 Å². The molecule has 1 saturated heterocycles. The summed E-state index contributed by atoms with van der Waals surface area (Å²) in [6, 6.07) is 19.4. The molecule has 4 nitrogen and oxygen atoms in total. The predicted molar refractivity (Wildman–Crippen MR) is 107 cm³/mol. The monoisotopic (exact) mass is 367 g/mol. The van der Waals surface area contributed by atoms with Gasteiger partial charge in [0.2, 0.25) is 0 Å². The van der Waals surface area contributed by atoms with E-state index in [1.807, 2.05) is 6.07 Å². The van der Waals surface area contributed by atoms with Crippen LogP contribution in [-0.4, -0.2) is 43.7 Å². The van der Waals surface area contributed by atoms with Crippen molar-refractivity contribution in [2.45, 2.75) is 38.1 Å². The lowest BCUT2D eigenvalue weighted by Crippen LogP contribution is -2.35. The molecule has 0 bridgehead atoms. The smallest absolute Gasteiger partial charge is 0.305 e. The Hall–Kier alpha value is -2.33. The molecule has 0 spiro atoms. The highest BCUT2D eigenvalue weighted by Gasteiger charge is 2.24. The van der Waals surface area contributed by atoms with Gasteiger partial charge in [-0.25, -0.2) is 0 Å². The Kier molecular flexibility index (Phi) is 7.28. The zero-order valence-electron chi connectivity index (χ0n) is 16.1. The van der Waals surface area contributed by atoms with Crippen molar-refractivity contribution in [3.05, 3.63) is 65.7 Å². The average molecular weight is 367 g/mol. The Morgan fingerprint density at radius 2 is 1.81 bits per heavy atom. The number of rotatable bonds is 9. The number of hydrogen-bond donors (Lipinski definition) is 0. The van der Waals surface area contributed by atoms with Crippen LogP contribution in [0.25, 0.3) is 0 Å². The number of carbonyl (C=O) groups is 1. The molecule has 1 aliphatic rings. The fourth-order valence-electron chi connectivity index (χ4n) is 3.63. The van der Waals surface area contributed by atoms with Gasteiger partial charge >= 0.3 is 5.97 Å². The molecule has 0 aliphatic carbocycles. The number of esters is 1. The maximum absolute atomic E-state index is 11.3. The molecule has 0 unspecified atom stereocenters. The maximum atomic E-state index is 11.3. The number of likely N-dealkylation sites (tertiary alicyclic amines) is 1. The fraction of sp³-hybridized carbons (Fsp3) is 0.435. The van der Waals surface area contributed by atoms with Gasteiger partial charge in [0.25, 0.3) is 0 Å². The SMILES string of the molecule is COC(=O)CCCN1CCC[C@@H]1COc1ccc(Cc2ccccc2)cc1. The molecule has 2 aromatic rings. The quantitative estimate of drug-likeness (QED) is 0.626. The second-order valence-corrected chi connectivity index (χ2v) is 7.13. The van der Waals surface area contributed by atoms with Gasteiger partial charge in [-0.05, 0) is 62.0 Å². The van der Waals surface area contributed by atoms with E-state index in [0.717, 1.165) is 38.1 Å². The zero-order chi connectivity index (χ0) is 18.9. The molecule has 0 saturated carbocycles. The van der Waals surface area contributed by atoms with Crippen LogP contribution < -0.4 is 4.74 Å². The van der Waals surface area contributed by atoms with Crippen LogP contribution in [0, 0.1) is 0 Å². The highest BCUT2D eigenvalue weighted by molar-refractivity contribution is 5.69. The Balaban J connectivity index is 1.44. The largest absolute Gasteiger partial charge is 0.492 e. The number of benzene rings is 2. The summed E-state index contributed by atoms with van der Waals surface area (Å²) in [5.74, 6) is 0.797. The normalized spacial score (nSPS) is 17.0. The van der Waals surface area contributed by atoms with Crippen LogP contribution in [0.15, 0.2) is 54.6 Å². The first-order chi connectivity index (χ1) is 13.2. The molecule has 1 atom stereocenters. The van der Waals surface area contributed by atoms with Gasteiger partial charge < -0.3 is 9.47 Å². The van der Waals surface area contributed by atoms with Crippen LogP contribution in [0.3, 0.4) is 0 Å². The van der Waals surface area contributed by atoms with E-state index >= 15 is 0 Å². The third kappa shape index (κ3) is 6.10. The summed E-state index contributed by atoms with van der Waals surface area (Å²) >= 11 is 0. The molecular formula is C23H29NO3. The molecule has 0 N–H and O–H groups in total. The van der Waals surface area contributed by atoms with E-state index in [0.29, 0.717) is 19.1 Å². The van der Waals surface area contributed by atoms with Crippen LogP contribution in [0.4, 0.5) is 0 Å². The topological polar surface area (TPSA) is 38.8 Å². The van der Waals surface area contributed by atoms with Gasteiger partial charge in [0.15, 0.2) is 0 Å². The Labute approximate surface area is 162 Å². The number of hydrogen-bond acceptors (Lipinski definition) is 4. The summed E-state index contributed by atoms with van der Waals surface area (Å²) < 4.78 is 10.8. The standard InChI is InChI=1S/C23H29NO3/c1-26-23(25)10-6-16-24-15-5-9-21(24)18-27-22-13-11-20(12-14-22)17-19-7-3-2-4-8-19/h2-4,7-8,11-14,21H,5-6,9-10,15-18H2,1H3/t21-/m1/s1. The molecule has 4 heteroatoms. The average Bonchev–Trinajstić information content (AvgIpc) is 3.15. The lowest BCUT2D eigenvalue weighted by molar-refractivity contribution is -0.140. The van der Waals surface area contributed by atoms with E-state index in [4.69, 9.17) is 9.47 Å². The molecule has 0 aromatic heterocycles. The zero-order valence-corrected chi connectivity index (χ0v) is 16.1. The molecule has 27 heavy (non-hydrogen) atoms. The molecule has 1 heterocycles. The van der Waals surface area contributed by atoms with Crippen LogP contribution in [0.1, 0.15) is 36.8 Å². The van der Waals surface area contributed by atoms with E-state index in [1.54, 1.807) is 0 Å². The summed E-state index contributed by atoms with van der Waals surface area (Å²) in [5, 5.41) is 0. The molecule has 0 radical (unpaired) electrons. The van der Waals surface area contributed by atoms with Crippen molar-refractivity contribution in [1.82, 2.24) is 4.90 Å². The second-order valence-electron chi connectivity index (χ2n) is 7.13. The minimum Gasteiger partial charge on any atom is -0.492 e. The number of ether oxygens (including phenoxy) is 2. The number of nitrogens with zero attached hydrogens (tertiary/aromatic N) is 1. The summed E-state index contributed by atoms with van der Waals surface area (Å²) in [7, 11) is 1.44. The molecule has 144 valence electrons. The van der Waals surface area contributed by atoms with Crippen molar-refractivity contribution in [2.75, 3.05) is 26.8 Å². The molecular weight excluding hydrogens is 338 g/mol. The van der Waals surface area contributed by atoms with Gasteiger partial charge in [-0.2, -0.15) is 0 Å². The minimum absolute atomic E-state index is 0.127. The van der Waals surface area contributed by atoms with Gasteiger partial charge in [0, 0.05) is 12.5 Å². The predicted octanol–water partition coefficient (Wildman–Crippen LogP) is 4.07. The van der Waals surface area contributed by atoms with Crippen molar-refractivity contribution >= 4 is 5.97 Å². The van der Waals surface area contributed by atoms with Gasteiger partial charge in [-0.3, -0.25) is 9.69 Å². The van der Waals surface area contributed by atoms with Crippen molar-refractivity contribution < 1.29 is 14.3 Å². The van der Waals surface area contributed by atoms with Gasteiger partial charge in [-0.1, -0.05) is 42.5 Å². The molecule has 0 amide bonds. The van der Waals surface area contributed by atoms with Gasteiger partial charge in [-0.15, -0.1) is 0 Å². The summed E-state index contributed by atoms with van der Waals surface area (Å²) in [5.41, 5.74) is 2.61. The highest BCUT2D eigenvalue weighted by atomic mass is 16.5. The summed E-state index contributed by atoms with van der Waals surface area (Å²) in [6.45, 7) is 2.72. The molecule has 1 aliphatic heterocycles. The van der Waals surface area contributed by atoms with E-state index in [2.05, 4.69) is 53.4 Å². The summed E-state index contributed by atoms with van der Waals surface area (Å²) in [4.78, 5) is 13.7. The molecule has 1 fully saturated rings. The maximum Gasteiger partial charge on any atom is 0.305 e. The lowest BCUT2D eigenvalue weighted by atomic mass is 10.1. The van der Waals surface area contributed by atoms with Crippen LogP contribution in [0.2, 0.25) is 0 Å². The Morgan fingerprint density at radius 3 is 2.56 bits per heavy atom. The third-order valence-electron chi connectivity index (χ3n) is 5.17. The first-order valence-corrected chi connectivity index (χ1v) is 9.81. The fourth-order valence-corrected chi connectivity index (χ4v) is 3.63. The number of carbonyl (C=O) groups excluding carboxylic acids is 1.